The molecule has 0 unspecified atom stereocenters. The SMILES string of the molecule is CN(Cc1cnn(-c2ccccc2)c1)C(=O)/C=C/c1cn(C)c(=O)n(C)c1=O. The fourth-order valence-electron chi connectivity index (χ4n) is 2.75. The van der Waals surface area contributed by atoms with Crippen molar-refractivity contribution in [1.29, 1.82) is 0 Å². The van der Waals surface area contributed by atoms with Gasteiger partial charge in [-0.15, -0.1) is 0 Å². The van der Waals surface area contributed by atoms with Gasteiger partial charge in [-0.05, 0) is 18.2 Å². The molecular weight excluding hydrogens is 358 g/mol. The maximum absolute atomic E-state index is 12.4. The average Bonchev–Trinajstić information content (AvgIpc) is 3.17. The molecule has 0 N–H and O–H groups in total. The first-order chi connectivity index (χ1) is 13.4. The van der Waals surface area contributed by atoms with Crippen molar-refractivity contribution in [1.82, 2.24) is 23.8 Å². The van der Waals surface area contributed by atoms with Crippen LogP contribution in [0.3, 0.4) is 0 Å². The second-order valence-corrected chi connectivity index (χ2v) is 6.50. The van der Waals surface area contributed by atoms with Gasteiger partial charge in [-0.1, -0.05) is 18.2 Å². The van der Waals surface area contributed by atoms with E-state index in [4.69, 9.17) is 0 Å². The lowest BCUT2D eigenvalue weighted by atomic mass is 10.2. The summed E-state index contributed by atoms with van der Waals surface area (Å²) in [5.74, 6) is -0.261. The maximum Gasteiger partial charge on any atom is 0.330 e. The number of hydrogen-bond donors (Lipinski definition) is 0. The molecule has 8 nitrogen and oxygen atoms in total. The largest absolute Gasteiger partial charge is 0.338 e. The van der Waals surface area contributed by atoms with Gasteiger partial charge in [0.15, 0.2) is 0 Å². The number of amides is 1. The maximum atomic E-state index is 12.4. The zero-order valence-corrected chi connectivity index (χ0v) is 15.9. The molecule has 0 aliphatic carbocycles. The van der Waals surface area contributed by atoms with Gasteiger partial charge in [-0.25, -0.2) is 9.48 Å². The predicted molar refractivity (Wildman–Crippen MR) is 106 cm³/mol. The number of carbonyl (C=O) groups is 1. The lowest BCUT2D eigenvalue weighted by Crippen LogP contribution is -2.37. The third-order valence-corrected chi connectivity index (χ3v) is 4.33. The van der Waals surface area contributed by atoms with Gasteiger partial charge >= 0.3 is 5.69 Å². The molecule has 0 aliphatic heterocycles. The van der Waals surface area contributed by atoms with Crippen LogP contribution in [0, 0.1) is 0 Å². The molecule has 2 heterocycles. The average molecular weight is 379 g/mol. The van der Waals surface area contributed by atoms with Gasteiger partial charge in [0.1, 0.15) is 0 Å². The van der Waals surface area contributed by atoms with Crippen molar-refractivity contribution in [2.75, 3.05) is 7.05 Å². The number of likely N-dealkylation sites (N-methyl/N-ethyl adjacent to an activating group) is 1. The zero-order chi connectivity index (χ0) is 20.3. The number of rotatable bonds is 5. The number of hydrogen-bond acceptors (Lipinski definition) is 4. The summed E-state index contributed by atoms with van der Waals surface area (Å²) in [6, 6.07) is 9.69. The number of nitrogens with zero attached hydrogens (tertiary/aromatic N) is 5. The number of aryl methyl sites for hydroxylation is 1. The Morgan fingerprint density at radius 3 is 2.57 bits per heavy atom. The van der Waals surface area contributed by atoms with Crippen molar-refractivity contribution >= 4 is 12.0 Å². The van der Waals surface area contributed by atoms with Crippen molar-refractivity contribution < 1.29 is 4.79 Å². The minimum Gasteiger partial charge on any atom is -0.338 e. The Balaban J connectivity index is 1.71. The molecule has 144 valence electrons. The topological polar surface area (TPSA) is 82.1 Å². The Labute approximate surface area is 161 Å². The van der Waals surface area contributed by atoms with E-state index in [0.717, 1.165) is 15.8 Å². The second-order valence-electron chi connectivity index (χ2n) is 6.50. The molecular formula is C20H21N5O3. The molecule has 0 radical (unpaired) electrons. The molecule has 8 heteroatoms. The smallest absolute Gasteiger partial charge is 0.330 e. The fraction of sp³-hybridized carbons (Fsp3) is 0.200. The van der Waals surface area contributed by atoms with Crippen LogP contribution in [0.1, 0.15) is 11.1 Å². The summed E-state index contributed by atoms with van der Waals surface area (Å²) in [5, 5.41) is 4.32. The highest BCUT2D eigenvalue weighted by atomic mass is 16.2. The van der Waals surface area contributed by atoms with Crippen LogP contribution in [0.2, 0.25) is 0 Å². The van der Waals surface area contributed by atoms with Crippen molar-refractivity contribution in [2.24, 2.45) is 14.1 Å². The number of aromatic nitrogens is 4. The molecule has 0 spiro atoms. The van der Waals surface area contributed by atoms with E-state index in [-0.39, 0.29) is 11.5 Å². The van der Waals surface area contributed by atoms with Crippen LogP contribution in [0.15, 0.2) is 64.6 Å². The van der Waals surface area contributed by atoms with E-state index in [1.807, 2.05) is 36.5 Å². The molecule has 3 aromatic rings. The summed E-state index contributed by atoms with van der Waals surface area (Å²) < 4.78 is 4.05. The van der Waals surface area contributed by atoms with E-state index in [9.17, 15) is 14.4 Å². The van der Waals surface area contributed by atoms with Crippen LogP contribution in [0.5, 0.6) is 0 Å². The minimum atomic E-state index is -0.445. The summed E-state index contributed by atoms with van der Waals surface area (Å²) in [4.78, 5) is 37.7. The van der Waals surface area contributed by atoms with Crippen molar-refractivity contribution in [2.45, 2.75) is 6.54 Å². The van der Waals surface area contributed by atoms with Crippen molar-refractivity contribution in [3.8, 4) is 5.69 Å². The Kier molecular flexibility index (Phi) is 5.39. The first-order valence-corrected chi connectivity index (χ1v) is 8.65. The summed E-state index contributed by atoms with van der Waals surface area (Å²) >= 11 is 0. The van der Waals surface area contributed by atoms with Gasteiger partial charge in [0.25, 0.3) is 5.56 Å². The van der Waals surface area contributed by atoms with Gasteiger partial charge in [0, 0.05) is 51.7 Å². The highest BCUT2D eigenvalue weighted by molar-refractivity contribution is 5.91. The van der Waals surface area contributed by atoms with Crippen molar-refractivity contribution in [3.63, 3.8) is 0 Å². The van der Waals surface area contributed by atoms with Gasteiger partial charge in [0.05, 0.1) is 17.4 Å². The lowest BCUT2D eigenvalue weighted by molar-refractivity contribution is -0.125. The quantitative estimate of drug-likeness (QED) is 0.618. The fourth-order valence-corrected chi connectivity index (χ4v) is 2.75. The second kappa shape index (κ2) is 7.91. The van der Waals surface area contributed by atoms with Crippen LogP contribution in [0.25, 0.3) is 11.8 Å². The van der Waals surface area contributed by atoms with Gasteiger partial charge in [-0.2, -0.15) is 5.10 Å². The molecule has 0 bridgehead atoms. The van der Waals surface area contributed by atoms with Crippen LogP contribution < -0.4 is 11.2 Å². The van der Waals surface area contributed by atoms with E-state index in [0.29, 0.717) is 6.54 Å². The van der Waals surface area contributed by atoms with E-state index < -0.39 is 11.2 Å². The molecule has 3 rings (SSSR count). The van der Waals surface area contributed by atoms with Gasteiger partial charge in [0.2, 0.25) is 5.91 Å². The van der Waals surface area contributed by atoms with Crippen LogP contribution in [-0.4, -0.2) is 36.8 Å². The third kappa shape index (κ3) is 4.01. The first kappa shape index (κ1) is 19.1. The summed E-state index contributed by atoms with van der Waals surface area (Å²) in [6.45, 7) is 0.376. The van der Waals surface area contributed by atoms with Crippen molar-refractivity contribution in [3.05, 3.63) is 87.0 Å². The highest BCUT2D eigenvalue weighted by Gasteiger charge is 2.09. The molecule has 1 amide bonds. The zero-order valence-electron chi connectivity index (χ0n) is 15.9. The molecule has 0 aliphatic rings. The molecule has 0 saturated heterocycles. The van der Waals surface area contributed by atoms with E-state index >= 15 is 0 Å². The molecule has 2 aromatic heterocycles. The summed E-state index contributed by atoms with van der Waals surface area (Å²) in [7, 11) is 4.63. The van der Waals surface area contributed by atoms with Crippen LogP contribution >= 0.6 is 0 Å². The Morgan fingerprint density at radius 2 is 1.86 bits per heavy atom. The standard InChI is InChI=1S/C20H21N5O3/c1-22(12-15-11-21-25(13-15)17-7-5-4-6-8-17)18(26)10-9-16-14-23(2)20(28)24(3)19(16)27/h4-11,13-14H,12H2,1-3H3/b10-9+. The normalized spacial score (nSPS) is 11.1. The Morgan fingerprint density at radius 1 is 1.14 bits per heavy atom. The Hall–Kier alpha value is -3.68. The molecule has 1 aromatic carbocycles. The van der Waals surface area contributed by atoms with Crippen LogP contribution in [-0.2, 0) is 25.4 Å². The summed E-state index contributed by atoms with van der Waals surface area (Å²) in [5.41, 5.74) is 1.22. The van der Waals surface area contributed by atoms with E-state index in [1.165, 1.54) is 34.9 Å². The Bertz CT molecular complexity index is 1140. The monoisotopic (exact) mass is 379 g/mol. The van der Waals surface area contributed by atoms with Gasteiger partial charge < -0.3 is 9.47 Å². The first-order valence-electron chi connectivity index (χ1n) is 8.65. The van der Waals surface area contributed by atoms with E-state index in [2.05, 4.69) is 5.10 Å². The molecule has 0 atom stereocenters. The molecule has 0 fully saturated rings. The third-order valence-electron chi connectivity index (χ3n) is 4.33. The predicted octanol–water partition coefficient (Wildman–Crippen LogP) is 0.941. The van der Waals surface area contributed by atoms with E-state index in [1.54, 1.807) is 25.0 Å². The number of carbonyl (C=O) groups excluding carboxylic acids is 1. The molecule has 28 heavy (non-hydrogen) atoms. The summed E-state index contributed by atoms with van der Waals surface area (Å²) in [6.07, 6.45) is 7.74. The highest BCUT2D eigenvalue weighted by Crippen LogP contribution is 2.09. The van der Waals surface area contributed by atoms with Gasteiger partial charge in [-0.3, -0.25) is 14.2 Å². The molecule has 0 saturated carbocycles. The lowest BCUT2D eigenvalue weighted by Gasteiger charge is -2.13. The van der Waals surface area contributed by atoms with Crippen LogP contribution in [0.4, 0.5) is 0 Å². The number of benzene rings is 1. The number of para-hydroxylation sites is 1. The minimum absolute atomic E-state index is 0.261.